The first-order valence-corrected chi connectivity index (χ1v) is 10.1. The molecule has 1 unspecified atom stereocenters. The third kappa shape index (κ3) is 5.56. The Morgan fingerprint density at radius 1 is 1.50 bits per heavy atom. The van der Waals surface area contributed by atoms with Crippen LogP contribution in [0.3, 0.4) is 0 Å². The maximum atomic E-state index is 13.3. The molecule has 0 spiro atoms. The first-order chi connectivity index (χ1) is 12.4. The van der Waals surface area contributed by atoms with E-state index in [-0.39, 0.29) is 21.8 Å². The van der Waals surface area contributed by atoms with Gasteiger partial charge in [0.25, 0.3) is 0 Å². The van der Waals surface area contributed by atoms with Gasteiger partial charge in [-0.15, -0.1) is 0 Å². The van der Waals surface area contributed by atoms with Crippen LogP contribution in [0.15, 0.2) is 32.3 Å². The molecule has 1 atom stereocenters. The SMILES string of the molecule is CCS(=N)(=O)NCCCc1nonc1C(=Nc1ccc(F)c(Br)c1)NO. The summed E-state index contributed by atoms with van der Waals surface area (Å²) >= 11 is 3.07. The van der Waals surface area contributed by atoms with Crippen molar-refractivity contribution in [2.45, 2.75) is 19.8 Å². The number of aryl methyl sites for hydroxylation is 1. The van der Waals surface area contributed by atoms with Gasteiger partial charge in [0.15, 0.2) is 11.5 Å². The van der Waals surface area contributed by atoms with Gasteiger partial charge < -0.3 is 0 Å². The summed E-state index contributed by atoms with van der Waals surface area (Å²) in [4.78, 5) is 4.17. The molecule has 0 amide bonds. The lowest BCUT2D eigenvalue weighted by atomic mass is 10.2. The third-order valence-corrected chi connectivity index (χ3v) is 5.45. The molecule has 1 aromatic carbocycles. The minimum Gasteiger partial charge on any atom is -0.290 e. The van der Waals surface area contributed by atoms with Crippen molar-refractivity contribution in [3.8, 4) is 0 Å². The van der Waals surface area contributed by atoms with Crippen LogP contribution in [0.4, 0.5) is 10.1 Å². The van der Waals surface area contributed by atoms with Crippen LogP contribution in [0.2, 0.25) is 0 Å². The van der Waals surface area contributed by atoms with Crippen molar-refractivity contribution in [3.63, 3.8) is 0 Å². The van der Waals surface area contributed by atoms with Crippen LogP contribution in [0, 0.1) is 10.6 Å². The largest absolute Gasteiger partial charge is 0.290 e. The highest BCUT2D eigenvalue weighted by Crippen LogP contribution is 2.22. The Bertz CT molecular complexity index is 887. The van der Waals surface area contributed by atoms with E-state index >= 15 is 0 Å². The molecule has 0 bridgehead atoms. The van der Waals surface area contributed by atoms with Gasteiger partial charge in [0.1, 0.15) is 21.4 Å². The van der Waals surface area contributed by atoms with Gasteiger partial charge in [0.05, 0.1) is 10.2 Å². The third-order valence-electron chi connectivity index (χ3n) is 3.36. The number of nitrogens with zero attached hydrogens (tertiary/aromatic N) is 3. The van der Waals surface area contributed by atoms with Crippen molar-refractivity contribution in [1.29, 1.82) is 4.78 Å². The van der Waals surface area contributed by atoms with E-state index in [0.717, 1.165) is 0 Å². The number of hydrogen-bond donors (Lipinski definition) is 4. The lowest BCUT2D eigenvalue weighted by Crippen LogP contribution is -2.26. The van der Waals surface area contributed by atoms with Gasteiger partial charge in [0, 0.05) is 12.3 Å². The predicted octanol–water partition coefficient (Wildman–Crippen LogP) is 2.53. The Labute approximate surface area is 158 Å². The molecule has 4 N–H and O–H groups in total. The predicted molar refractivity (Wildman–Crippen MR) is 97.2 cm³/mol. The van der Waals surface area contributed by atoms with Gasteiger partial charge in [-0.2, -0.15) is 0 Å². The number of aromatic nitrogens is 2. The molecular weight excluding hydrogens is 431 g/mol. The maximum Gasteiger partial charge on any atom is 0.181 e. The smallest absolute Gasteiger partial charge is 0.181 e. The van der Waals surface area contributed by atoms with Gasteiger partial charge in [-0.3, -0.25) is 10.7 Å². The molecule has 26 heavy (non-hydrogen) atoms. The molecule has 1 aromatic heterocycles. The van der Waals surface area contributed by atoms with Crippen LogP contribution >= 0.6 is 15.9 Å². The normalized spacial score (nSPS) is 14.2. The highest BCUT2D eigenvalue weighted by Gasteiger charge is 2.16. The highest BCUT2D eigenvalue weighted by atomic mass is 79.9. The van der Waals surface area contributed by atoms with Gasteiger partial charge in [-0.1, -0.05) is 12.1 Å². The fraction of sp³-hybridized carbons (Fsp3) is 0.357. The summed E-state index contributed by atoms with van der Waals surface area (Å²) in [6.07, 6.45) is 0.927. The standard InChI is InChI=1S/C14H18BrFN6O3S/c1-2-26(17,24)18-7-3-4-12-13(22-25-21-12)14(20-23)19-9-5-6-11(16)10(15)8-9/h5-6,8,23H,2-4,7H2,1H3,(H,19,20)(H2,17,18,24). The number of hydrogen-bond acceptors (Lipinski definition) is 7. The van der Waals surface area contributed by atoms with E-state index in [9.17, 15) is 13.8 Å². The first kappa shape index (κ1) is 20.4. The first-order valence-electron chi connectivity index (χ1n) is 7.63. The fourth-order valence-corrected chi connectivity index (χ4v) is 3.00. The second-order valence-corrected chi connectivity index (χ2v) is 8.26. The summed E-state index contributed by atoms with van der Waals surface area (Å²) in [6.45, 7) is 2.03. The molecule has 0 aliphatic heterocycles. The summed E-state index contributed by atoms with van der Waals surface area (Å²) in [5.41, 5.74) is 2.95. The zero-order valence-corrected chi connectivity index (χ0v) is 16.2. The van der Waals surface area contributed by atoms with Crippen molar-refractivity contribution in [2.24, 2.45) is 4.99 Å². The molecule has 0 aliphatic carbocycles. The summed E-state index contributed by atoms with van der Waals surface area (Å²) in [6, 6.07) is 4.11. The number of benzene rings is 1. The van der Waals surface area contributed by atoms with E-state index in [1.807, 2.05) is 5.48 Å². The van der Waals surface area contributed by atoms with E-state index in [0.29, 0.717) is 30.8 Å². The Balaban J connectivity index is 2.11. The van der Waals surface area contributed by atoms with E-state index in [1.165, 1.54) is 18.2 Å². The molecule has 0 saturated heterocycles. The van der Waals surface area contributed by atoms with Crippen molar-refractivity contribution < 1.29 is 18.4 Å². The van der Waals surface area contributed by atoms with Crippen molar-refractivity contribution in [2.75, 3.05) is 12.3 Å². The number of halogens is 2. The van der Waals surface area contributed by atoms with Gasteiger partial charge >= 0.3 is 0 Å². The van der Waals surface area contributed by atoms with Crippen LogP contribution < -0.4 is 10.2 Å². The summed E-state index contributed by atoms with van der Waals surface area (Å²) in [7, 11) is -2.76. The average molecular weight is 449 g/mol. The fourth-order valence-electron chi connectivity index (χ4n) is 1.96. The van der Waals surface area contributed by atoms with Crippen molar-refractivity contribution >= 4 is 37.4 Å². The second-order valence-electron chi connectivity index (χ2n) is 5.19. The molecule has 0 saturated carbocycles. The van der Waals surface area contributed by atoms with Gasteiger partial charge in [-0.05, 0) is 52.1 Å². The Kier molecular flexibility index (Phi) is 7.20. The zero-order chi connectivity index (χ0) is 19.2. The summed E-state index contributed by atoms with van der Waals surface area (Å²) in [5, 5.41) is 16.9. The summed E-state index contributed by atoms with van der Waals surface area (Å²) < 4.78 is 40.0. The van der Waals surface area contributed by atoms with E-state index in [1.54, 1.807) is 6.92 Å². The molecule has 0 fully saturated rings. The van der Waals surface area contributed by atoms with Crippen LogP contribution in [0.25, 0.3) is 0 Å². The Morgan fingerprint density at radius 2 is 2.27 bits per heavy atom. The molecule has 9 nitrogen and oxygen atoms in total. The minimum atomic E-state index is -2.76. The molecular formula is C14H18BrFN6O3S. The van der Waals surface area contributed by atoms with E-state index in [2.05, 4.69) is 36.0 Å². The van der Waals surface area contributed by atoms with Gasteiger partial charge in [0.2, 0.25) is 0 Å². The molecule has 2 aromatic rings. The lowest BCUT2D eigenvalue weighted by molar-refractivity contribution is 0.234. The van der Waals surface area contributed by atoms with Crippen LogP contribution in [-0.4, -0.2) is 37.9 Å². The van der Waals surface area contributed by atoms with E-state index < -0.39 is 15.7 Å². The molecule has 2 rings (SSSR count). The number of hydroxylamine groups is 1. The summed E-state index contributed by atoms with van der Waals surface area (Å²) in [5.74, 6) is -0.218. The molecule has 0 aliphatic rings. The Hall–Kier alpha value is -1.89. The quantitative estimate of drug-likeness (QED) is 0.212. The monoisotopic (exact) mass is 448 g/mol. The molecule has 1 heterocycles. The number of nitrogens with one attached hydrogen (secondary N) is 3. The number of amidine groups is 1. The maximum absolute atomic E-state index is 13.3. The van der Waals surface area contributed by atoms with Crippen molar-refractivity contribution in [3.05, 3.63) is 39.9 Å². The Morgan fingerprint density at radius 3 is 2.92 bits per heavy atom. The highest BCUT2D eigenvalue weighted by molar-refractivity contribution is 9.10. The molecule has 0 radical (unpaired) electrons. The second kappa shape index (κ2) is 9.16. The average Bonchev–Trinajstić information content (AvgIpc) is 3.08. The minimum absolute atomic E-state index is 0.00874. The van der Waals surface area contributed by atoms with Crippen LogP contribution in [-0.2, 0) is 16.3 Å². The lowest BCUT2D eigenvalue weighted by Gasteiger charge is -2.06. The van der Waals surface area contributed by atoms with E-state index in [4.69, 9.17) is 9.41 Å². The van der Waals surface area contributed by atoms with Crippen LogP contribution in [0.5, 0.6) is 0 Å². The van der Waals surface area contributed by atoms with Crippen LogP contribution in [0.1, 0.15) is 24.7 Å². The zero-order valence-electron chi connectivity index (χ0n) is 13.8. The number of rotatable bonds is 8. The molecule has 142 valence electrons. The number of aliphatic imine (C=N–C) groups is 1. The van der Waals surface area contributed by atoms with Gasteiger partial charge in [-0.25, -0.2) is 27.7 Å². The topological polar surface area (TPSA) is 136 Å². The molecule has 12 heteroatoms. The van der Waals surface area contributed by atoms with Crippen molar-refractivity contribution in [1.82, 2.24) is 20.5 Å².